The third kappa shape index (κ3) is 8.93. The van der Waals surface area contributed by atoms with Crippen LogP contribution in [0.2, 0.25) is 36.3 Å². The van der Waals surface area contributed by atoms with E-state index in [0.717, 1.165) is 0 Å². The van der Waals surface area contributed by atoms with Crippen LogP contribution >= 0.6 is 0 Å². The smallest absolute Gasteiger partial charge is 0.192 e. The van der Waals surface area contributed by atoms with Crippen molar-refractivity contribution in [2.45, 2.75) is 167 Å². The van der Waals surface area contributed by atoms with Crippen molar-refractivity contribution in [3.8, 4) is 0 Å². The molecule has 0 unspecified atom stereocenters. The predicted octanol–water partition coefficient (Wildman–Crippen LogP) is 7.72. The molecule has 2 aliphatic rings. The number of aliphatic hydroxyl groups excluding tert-OH is 1. The summed E-state index contributed by atoms with van der Waals surface area (Å²) < 4.78 is 24.5. The predicted molar refractivity (Wildman–Crippen MR) is 165 cm³/mol. The molecule has 232 valence electrons. The monoisotopic (exact) mass is 600 g/mol. The van der Waals surface area contributed by atoms with Gasteiger partial charge in [0, 0.05) is 9.82 Å². The molecular formula is C27H56N6O5Si2. The van der Waals surface area contributed by atoms with Crippen molar-refractivity contribution in [1.82, 2.24) is 0 Å². The molecule has 2 fully saturated rings. The first-order valence-electron chi connectivity index (χ1n) is 14.5. The molecule has 0 spiro atoms. The highest BCUT2D eigenvalue weighted by atomic mass is 28.4. The summed E-state index contributed by atoms with van der Waals surface area (Å²) in [5.41, 5.74) is 17.6. The lowest BCUT2D eigenvalue weighted by Crippen LogP contribution is -2.59. The van der Waals surface area contributed by atoms with Gasteiger partial charge in [0.25, 0.3) is 0 Å². The number of rotatable bonds is 6. The van der Waals surface area contributed by atoms with Gasteiger partial charge in [0.15, 0.2) is 16.6 Å². The lowest BCUT2D eigenvalue weighted by Gasteiger charge is -2.47. The number of hydrogen-bond acceptors (Lipinski definition) is 7. The van der Waals surface area contributed by atoms with E-state index in [0.29, 0.717) is 0 Å². The Kier molecular flexibility index (Phi) is 12.8. The molecule has 0 radical (unpaired) electrons. The minimum Gasteiger partial charge on any atom is -0.411 e. The molecule has 0 amide bonds. The van der Waals surface area contributed by atoms with E-state index < -0.39 is 34.9 Å². The molecule has 0 aromatic heterocycles. The first-order valence-corrected chi connectivity index (χ1v) is 20.3. The molecule has 2 saturated heterocycles. The third-order valence-corrected chi connectivity index (χ3v) is 18.4. The van der Waals surface area contributed by atoms with Crippen LogP contribution in [-0.2, 0) is 18.3 Å². The molecular weight excluding hydrogens is 545 g/mol. The van der Waals surface area contributed by atoms with Gasteiger partial charge in [-0.25, -0.2) is 0 Å². The van der Waals surface area contributed by atoms with E-state index in [2.05, 4.69) is 94.7 Å². The number of hydrogen-bond donors (Lipinski definition) is 1. The van der Waals surface area contributed by atoms with E-state index in [9.17, 15) is 5.11 Å². The van der Waals surface area contributed by atoms with Gasteiger partial charge in [0.05, 0.1) is 54.8 Å². The van der Waals surface area contributed by atoms with Crippen molar-refractivity contribution in [3.05, 3.63) is 20.9 Å². The van der Waals surface area contributed by atoms with Crippen LogP contribution in [0.3, 0.4) is 0 Å². The van der Waals surface area contributed by atoms with Gasteiger partial charge in [-0.2, -0.15) is 0 Å². The van der Waals surface area contributed by atoms with Gasteiger partial charge >= 0.3 is 0 Å². The first kappa shape index (κ1) is 36.9. The van der Waals surface area contributed by atoms with Crippen molar-refractivity contribution in [2.24, 2.45) is 16.1 Å². The summed E-state index contributed by atoms with van der Waals surface area (Å²) >= 11 is 0. The minimum absolute atomic E-state index is 0.0433. The van der Waals surface area contributed by atoms with Gasteiger partial charge in [-0.05, 0) is 80.9 Å². The fraction of sp³-hybridized carbons (Fsp3) is 1.00. The number of aliphatic hydroxyl groups is 1. The Labute approximate surface area is 244 Å². The van der Waals surface area contributed by atoms with Crippen molar-refractivity contribution in [3.63, 3.8) is 0 Å². The van der Waals surface area contributed by atoms with Gasteiger partial charge in [-0.1, -0.05) is 58.7 Å². The van der Waals surface area contributed by atoms with Crippen LogP contribution in [0.15, 0.2) is 10.2 Å². The summed E-state index contributed by atoms with van der Waals surface area (Å²) in [6.07, 6.45) is -1.93. The third-order valence-electron chi connectivity index (χ3n) is 9.41. The molecule has 0 aromatic rings. The van der Waals surface area contributed by atoms with Crippen LogP contribution in [0.1, 0.15) is 76.2 Å². The highest BCUT2D eigenvalue weighted by Gasteiger charge is 2.48. The molecule has 0 aromatic carbocycles. The molecule has 0 aliphatic carbocycles. The van der Waals surface area contributed by atoms with Crippen LogP contribution < -0.4 is 0 Å². The standard InChI is InChI=1S/C14H29N3O2Si.C13H27N3O3Si/c1-9-10(2)18-11(3)13(12(9)16-17-15)19-20(7,8)14(4,5)6;1-8-11(17)10(15-16-14)12(9(2)18-8)19-20(6,7)13(3,4)5/h9-13H,1-8H3;8-12,17H,1-7H3/t9-,10-,11+,12+,13+;8-,9+,10+,11-,12+/m00/s1. The zero-order valence-corrected chi connectivity index (χ0v) is 29.5. The average molecular weight is 601 g/mol. The summed E-state index contributed by atoms with van der Waals surface area (Å²) in [5.74, 6) is 0.164. The van der Waals surface area contributed by atoms with Gasteiger partial charge in [-0.15, -0.1) is 0 Å². The van der Waals surface area contributed by atoms with E-state index in [1.165, 1.54) is 0 Å². The maximum atomic E-state index is 10.2. The van der Waals surface area contributed by atoms with Crippen LogP contribution in [0.5, 0.6) is 0 Å². The molecule has 11 nitrogen and oxygen atoms in total. The molecule has 2 rings (SSSR count). The molecule has 10 atom stereocenters. The Morgan fingerprint density at radius 3 is 1.38 bits per heavy atom. The van der Waals surface area contributed by atoms with Crippen molar-refractivity contribution < 1.29 is 23.4 Å². The maximum Gasteiger partial charge on any atom is 0.192 e. The molecule has 0 bridgehead atoms. The first-order chi connectivity index (χ1) is 18.0. The Morgan fingerprint density at radius 1 is 0.650 bits per heavy atom. The zero-order chi connectivity index (χ0) is 31.4. The van der Waals surface area contributed by atoms with E-state index in [1.807, 2.05) is 20.8 Å². The normalized spacial score (nSPS) is 35.5. The van der Waals surface area contributed by atoms with E-state index >= 15 is 0 Å². The summed E-state index contributed by atoms with van der Waals surface area (Å²) in [6.45, 7) is 31.6. The summed E-state index contributed by atoms with van der Waals surface area (Å²) in [6, 6.07) is -0.763. The van der Waals surface area contributed by atoms with E-state index in [-0.39, 0.29) is 52.6 Å². The maximum absolute atomic E-state index is 10.2. The number of ether oxygens (including phenoxy) is 2. The lowest BCUT2D eigenvalue weighted by molar-refractivity contribution is -0.161. The topological polar surface area (TPSA) is 155 Å². The Bertz CT molecular complexity index is 853. The average Bonchev–Trinajstić information content (AvgIpc) is 2.79. The van der Waals surface area contributed by atoms with Crippen molar-refractivity contribution in [2.75, 3.05) is 0 Å². The Hall–Kier alpha value is -1.15. The largest absolute Gasteiger partial charge is 0.411 e. The van der Waals surface area contributed by atoms with Crippen LogP contribution in [0.25, 0.3) is 20.9 Å². The van der Waals surface area contributed by atoms with Gasteiger partial charge in [0.2, 0.25) is 0 Å². The molecule has 40 heavy (non-hydrogen) atoms. The molecule has 2 heterocycles. The zero-order valence-electron chi connectivity index (χ0n) is 27.5. The Balaban J connectivity index is 0.000000400. The van der Waals surface area contributed by atoms with Crippen LogP contribution in [-0.4, -0.2) is 76.6 Å². The Morgan fingerprint density at radius 2 is 1.00 bits per heavy atom. The quantitative estimate of drug-likeness (QED) is 0.143. The SMILES string of the molecule is C[C@@H]1O[C@H](C)[C@@H](O[Si](C)(C)C(C)(C)C)[C@H](N=[N+]=[N-])[C@H]1O.C[C@@H]1[C@@H](N=[N+]=[N-])[C@H](O[Si](C)(C)C(C)(C)C)[C@@H](C)O[C@H]1C. The van der Waals surface area contributed by atoms with Gasteiger partial charge in [0.1, 0.15) is 0 Å². The fourth-order valence-electron chi connectivity index (χ4n) is 4.43. The fourth-order valence-corrected chi connectivity index (χ4v) is 7.16. The molecule has 13 heteroatoms. The summed E-state index contributed by atoms with van der Waals surface area (Å²) in [5, 5.41) is 18.1. The van der Waals surface area contributed by atoms with Gasteiger partial charge in [-0.3, -0.25) is 0 Å². The lowest BCUT2D eigenvalue weighted by atomic mass is 9.87. The second-order valence-electron chi connectivity index (χ2n) is 14.5. The second-order valence-corrected chi connectivity index (χ2v) is 24.0. The molecule has 2 aliphatic heterocycles. The van der Waals surface area contributed by atoms with E-state index in [4.69, 9.17) is 29.4 Å². The van der Waals surface area contributed by atoms with E-state index in [1.54, 1.807) is 6.92 Å². The molecule has 0 saturated carbocycles. The highest BCUT2D eigenvalue weighted by molar-refractivity contribution is 6.74. The second kappa shape index (κ2) is 13.9. The van der Waals surface area contributed by atoms with Crippen molar-refractivity contribution >= 4 is 16.6 Å². The summed E-state index contributed by atoms with van der Waals surface area (Å²) in [7, 11) is -3.95. The van der Waals surface area contributed by atoms with Crippen LogP contribution in [0, 0.1) is 5.92 Å². The molecule has 1 N–H and O–H groups in total. The van der Waals surface area contributed by atoms with Gasteiger partial charge < -0.3 is 23.4 Å². The number of nitrogens with zero attached hydrogens (tertiary/aromatic N) is 6. The number of azide groups is 2. The summed E-state index contributed by atoms with van der Waals surface area (Å²) in [4.78, 5) is 5.89. The minimum atomic E-state index is -2.03. The van der Waals surface area contributed by atoms with Crippen molar-refractivity contribution in [1.29, 1.82) is 0 Å². The van der Waals surface area contributed by atoms with Crippen LogP contribution in [0.4, 0.5) is 0 Å². The highest BCUT2D eigenvalue weighted by Crippen LogP contribution is 2.41.